The lowest BCUT2D eigenvalue weighted by Crippen LogP contribution is -2.18. The lowest BCUT2D eigenvalue weighted by Gasteiger charge is -2.13. The maximum absolute atomic E-state index is 12.3. The van der Waals surface area contributed by atoms with Crippen molar-refractivity contribution in [2.45, 2.75) is 0 Å². The van der Waals surface area contributed by atoms with Crippen LogP contribution in [0.25, 0.3) is 0 Å². The third kappa shape index (κ3) is 1.87. The molecule has 0 heterocycles. The third-order valence-electron chi connectivity index (χ3n) is 2.37. The molecule has 0 aliphatic carbocycles. The van der Waals surface area contributed by atoms with Gasteiger partial charge < -0.3 is 10.6 Å². The van der Waals surface area contributed by atoms with Gasteiger partial charge in [0.25, 0.3) is 7.37 Å². The van der Waals surface area contributed by atoms with Gasteiger partial charge in [-0.25, -0.2) is 0 Å². The van der Waals surface area contributed by atoms with Gasteiger partial charge in [-0.2, -0.15) is 0 Å². The van der Waals surface area contributed by atoms with Crippen molar-refractivity contribution in [3.8, 4) is 0 Å². The number of nitrogen functional groups attached to an aromatic ring is 1. The van der Waals surface area contributed by atoms with E-state index in [1.54, 1.807) is 54.6 Å². The molecule has 82 valence electrons. The second-order valence-corrected chi connectivity index (χ2v) is 5.62. The highest BCUT2D eigenvalue weighted by Gasteiger charge is 2.25. The molecule has 16 heavy (non-hydrogen) atoms. The molecule has 1 atom stereocenters. The molecule has 0 radical (unpaired) electrons. The molecule has 0 bridgehead atoms. The van der Waals surface area contributed by atoms with Gasteiger partial charge in [-0.05, 0) is 24.3 Å². The first kappa shape index (κ1) is 10.9. The van der Waals surface area contributed by atoms with Crippen LogP contribution in [0.1, 0.15) is 0 Å². The Morgan fingerprint density at radius 1 is 0.938 bits per heavy atom. The van der Waals surface area contributed by atoms with E-state index in [1.165, 1.54) is 0 Å². The van der Waals surface area contributed by atoms with Crippen LogP contribution in [-0.2, 0) is 4.57 Å². The summed E-state index contributed by atoms with van der Waals surface area (Å²) >= 11 is 0. The van der Waals surface area contributed by atoms with Gasteiger partial charge >= 0.3 is 0 Å². The van der Waals surface area contributed by atoms with Crippen LogP contribution in [0.5, 0.6) is 0 Å². The highest BCUT2D eigenvalue weighted by Crippen LogP contribution is 2.39. The van der Waals surface area contributed by atoms with E-state index in [0.29, 0.717) is 16.3 Å². The molecular weight excluding hydrogens is 221 g/mol. The lowest BCUT2D eigenvalue weighted by molar-refractivity contribution is 0.501. The summed E-state index contributed by atoms with van der Waals surface area (Å²) in [4.78, 5) is 10.1. The van der Waals surface area contributed by atoms with Crippen LogP contribution in [0.3, 0.4) is 0 Å². The van der Waals surface area contributed by atoms with Crippen molar-refractivity contribution in [3.05, 3.63) is 54.6 Å². The van der Waals surface area contributed by atoms with Crippen LogP contribution >= 0.6 is 7.37 Å². The number of hydrogen-bond acceptors (Lipinski definition) is 2. The van der Waals surface area contributed by atoms with Crippen molar-refractivity contribution >= 4 is 23.7 Å². The van der Waals surface area contributed by atoms with Gasteiger partial charge in [0, 0.05) is 11.0 Å². The highest BCUT2D eigenvalue weighted by molar-refractivity contribution is 7.73. The highest BCUT2D eigenvalue weighted by atomic mass is 31.2. The first-order chi connectivity index (χ1) is 7.62. The lowest BCUT2D eigenvalue weighted by atomic mass is 10.3. The predicted octanol–water partition coefficient (Wildman–Crippen LogP) is 1.49. The Morgan fingerprint density at radius 2 is 1.50 bits per heavy atom. The number of rotatable bonds is 2. The molecule has 2 aromatic rings. The van der Waals surface area contributed by atoms with Crippen LogP contribution in [0, 0.1) is 0 Å². The summed E-state index contributed by atoms with van der Waals surface area (Å²) in [5.41, 5.74) is 6.06. The van der Waals surface area contributed by atoms with Gasteiger partial charge in [-0.3, -0.25) is 4.57 Å². The fourth-order valence-corrected chi connectivity index (χ4v) is 3.10. The molecule has 1 unspecified atom stereocenters. The van der Waals surface area contributed by atoms with Gasteiger partial charge in [0.15, 0.2) is 0 Å². The summed E-state index contributed by atoms with van der Waals surface area (Å²) in [5.74, 6) is 0. The fraction of sp³-hybridized carbons (Fsp3) is 0. The standard InChI is InChI=1S/C12H12NO2P/c13-11-8-4-5-9-12(11)16(14,15)10-6-2-1-3-7-10/h1-9H,13H2,(H,14,15). The second kappa shape index (κ2) is 4.12. The van der Waals surface area contributed by atoms with E-state index >= 15 is 0 Å². The SMILES string of the molecule is Nc1ccccc1P(=O)(O)c1ccccc1. The Kier molecular flexibility index (Phi) is 2.82. The number of anilines is 1. The van der Waals surface area contributed by atoms with Gasteiger partial charge in [0.1, 0.15) is 0 Å². The number of hydrogen-bond donors (Lipinski definition) is 2. The first-order valence-electron chi connectivity index (χ1n) is 4.86. The zero-order valence-corrected chi connectivity index (χ0v) is 9.47. The minimum Gasteiger partial charge on any atom is -0.398 e. The van der Waals surface area contributed by atoms with Gasteiger partial charge in [0.05, 0.1) is 5.30 Å². The molecule has 3 N–H and O–H groups in total. The van der Waals surface area contributed by atoms with Crippen molar-refractivity contribution in [1.29, 1.82) is 0 Å². The Labute approximate surface area is 94.0 Å². The van der Waals surface area contributed by atoms with Gasteiger partial charge in [-0.1, -0.05) is 30.3 Å². The summed E-state index contributed by atoms with van der Waals surface area (Å²) in [5, 5.41) is 0.689. The van der Waals surface area contributed by atoms with Gasteiger partial charge in [-0.15, -0.1) is 0 Å². The fourth-order valence-electron chi connectivity index (χ4n) is 1.53. The molecule has 3 nitrogen and oxygen atoms in total. The molecule has 0 saturated heterocycles. The Hall–Kier alpha value is -1.57. The van der Waals surface area contributed by atoms with Crippen molar-refractivity contribution in [2.24, 2.45) is 0 Å². The van der Waals surface area contributed by atoms with E-state index in [-0.39, 0.29) is 0 Å². The van der Waals surface area contributed by atoms with Crippen LogP contribution in [0.15, 0.2) is 54.6 Å². The van der Waals surface area contributed by atoms with Crippen LogP contribution < -0.4 is 16.3 Å². The summed E-state index contributed by atoms with van der Waals surface area (Å²) in [6.07, 6.45) is 0. The average Bonchev–Trinajstić information content (AvgIpc) is 2.30. The van der Waals surface area contributed by atoms with E-state index in [4.69, 9.17) is 5.73 Å². The zero-order chi connectivity index (χ0) is 11.6. The minimum atomic E-state index is -3.56. The largest absolute Gasteiger partial charge is 0.398 e. The minimum absolute atomic E-state index is 0.293. The second-order valence-electron chi connectivity index (χ2n) is 3.47. The smallest absolute Gasteiger partial charge is 0.260 e. The molecule has 4 heteroatoms. The Bertz CT molecular complexity index is 540. The maximum Gasteiger partial charge on any atom is 0.260 e. The van der Waals surface area contributed by atoms with E-state index in [0.717, 1.165) is 0 Å². The molecule has 0 saturated carbocycles. The Balaban J connectivity index is 2.56. The van der Waals surface area contributed by atoms with E-state index < -0.39 is 7.37 Å². The summed E-state index contributed by atoms with van der Waals surface area (Å²) in [7, 11) is -3.56. The van der Waals surface area contributed by atoms with Crippen LogP contribution in [0.4, 0.5) is 5.69 Å². The quantitative estimate of drug-likeness (QED) is 0.610. The number of nitrogens with two attached hydrogens (primary N) is 1. The first-order valence-corrected chi connectivity index (χ1v) is 6.52. The number of benzene rings is 2. The predicted molar refractivity (Wildman–Crippen MR) is 66.4 cm³/mol. The van der Waals surface area contributed by atoms with Crippen molar-refractivity contribution in [1.82, 2.24) is 0 Å². The van der Waals surface area contributed by atoms with Crippen molar-refractivity contribution in [2.75, 3.05) is 5.73 Å². The molecule has 0 spiro atoms. The normalized spacial score (nSPS) is 14.3. The van der Waals surface area contributed by atoms with E-state index in [9.17, 15) is 9.46 Å². The topological polar surface area (TPSA) is 63.3 Å². The molecule has 0 aliphatic heterocycles. The molecule has 0 amide bonds. The zero-order valence-electron chi connectivity index (χ0n) is 8.58. The van der Waals surface area contributed by atoms with Crippen molar-refractivity contribution < 1.29 is 9.46 Å². The average molecular weight is 233 g/mol. The summed E-state index contributed by atoms with van der Waals surface area (Å²) < 4.78 is 12.3. The van der Waals surface area contributed by atoms with Crippen LogP contribution in [0.2, 0.25) is 0 Å². The number of para-hydroxylation sites is 1. The maximum atomic E-state index is 12.3. The molecular formula is C12H12NO2P. The monoisotopic (exact) mass is 233 g/mol. The van der Waals surface area contributed by atoms with Crippen molar-refractivity contribution in [3.63, 3.8) is 0 Å². The van der Waals surface area contributed by atoms with Crippen LogP contribution in [-0.4, -0.2) is 4.89 Å². The van der Waals surface area contributed by atoms with E-state index in [1.807, 2.05) is 0 Å². The van der Waals surface area contributed by atoms with Gasteiger partial charge in [0.2, 0.25) is 0 Å². The molecule has 2 rings (SSSR count). The molecule has 0 aromatic heterocycles. The Morgan fingerprint density at radius 3 is 2.12 bits per heavy atom. The summed E-state index contributed by atoms with van der Waals surface area (Å²) in [6.45, 7) is 0. The molecule has 2 aromatic carbocycles. The summed E-state index contributed by atoms with van der Waals surface area (Å²) in [6, 6.07) is 15.2. The third-order valence-corrected chi connectivity index (χ3v) is 4.43. The van der Waals surface area contributed by atoms with E-state index in [2.05, 4.69) is 0 Å². The molecule has 0 fully saturated rings. The molecule has 0 aliphatic rings.